The number of para-hydroxylation sites is 1. The molecular formula is C40H46Cl2N4O7S. The van der Waals surface area contributed by atoms with Crippen LogP contribution in [0.2, 0.25) is 10.0 Å². The van der Waals surface area contributed by atoms with Gasteiger partial charge in [0.25, 0.3) is 17.4 Å². The van der Waals surface area contributed by atoms with Crippen molar-refractivity contribution < 1.29 is 27.5 Å². The van der Waals surface area contributed by atoms with Crippen LogP contribution < -0.4 is 10.9 Å². The molecule has 1 aliphatic rings. The van der Waals surface area contributed by atoms with Crippen molar-refractivity contribution in [3.8, 4) is 0 Å². The van der Waals surface area contributed by atoms with E-state index in [-0.39, 0.29) is 44.1 Å². The molecule has 1 N–H and O–H groups in total. The molecule has 11 nitrogen and oxygen atoms in total. The molecule has 1 fully saturated rings. The van der Waals surface area contributed by atoms with E-state index in [0.29, 0.717) is 16.8 Å². The van der Waals surface area contributed by atoms with E-state index in [1.165, 1.54) is 58.1 Å². The van der Waals surface area contributed by atoms with Crippen LogP contribution >= 0.6 is 23.2 Å². The predicted octanol–water partition coefficient (Wildman–Crippen LogP) is 8.88. The zero-order valence-electron chi connectivity index (χ0n) is 30.8. The van der Waals surface area contributed by atoms with Gasteiger partial charge >= 0.3 is 6.09 Å². The molecule has 14 heteroatoms. The third-order valence-corrected chi connectivity index (χ3v) is 12.1. The van der Waals surface area contributed by atoms with Gasteiger partial charge in [-0.2, -0.15) is 4.98 Å². The number of carbonyl (C=O) groups is 3. The number of rotatable bonds is 18. The Morgan fingerprint density at radius 2 is 1.46 bits per heavy atom. The lowest BCUT2D eigenvalue weighted by Gasteiger charge is -2.27. The van der Waals surface area contributed by atoms with Crippen molar-refractivity contribution in [2.24, 2.45) is 0 Å². The van der Waals surface area contributed by atoms with Gasteiger partial charge in [0, 0.05) is 6.54 Å². The summed E-state index contributed by atoms with van der Waals surface area (Å²) in [5, 5.41) is 2.57. The molecule has 3 aromatic carbocycles. The molecule has 5 rings (SSSR count). The zero-order chi connectivity index (χ0) is 39.0. The number of nitrogens with zero attached hydrogens (tertiary/aromatic N) is 3. The van der Waals surface area contributed by atoms with Crippen LogP contribution in [0.5, 0.6) is 0 Å². The summed E-state index contributed by atoms with van der Waals surface area (Å²) in [7, 11) is -3.82. The molecule has 0 spiro atoms. The fourth-order valence-corrected chi connectivity index (χ4v) is 8.84. The maximum absolute atomic E-state index is 14.4. The van der Waals surface area contributed by atoms with Gasteiger partial charge in [-0.15, -0.1) is 0 Å². The lowest BCUT2D eigenvalue weighted by Crippen LogP contribution is -2.45. The highest BCUT2D eigenvalue weighted by Gasteiger charge is 2.53. The minimum absolute atomic E-state index is 0.0772. The van der Waals surface area contributed by atoms with Crippen molar-refractivity contribution >= 4 is 67.5 Å². The summed E-state index contributed by atoms with van der Waals surface area (Å²) < 4.78 is 33.6. The summed E-state index contributed by atoms with van der Waals surface area (Å²) in [6, 6.07) is 16.4. The Labute approximate surface area is 325 Å². The number of amides is 3. The lowest BCUT2D eigenvalue weighted by molar-refractivity contribution is -0.139. The highest BCUT2D eigenvalue weighted by atomic mass is 35.5. The van der Waals surface area contributed by atoms with E-state index in [9.17, 15) is 27.6 Å². The number of benzene rings is 3. The Balaban J connectivity index is 1.43. The van der Waals surface area contributed by atoms with Gasteiger partial charge in [-0.3, -0.25) is 14.4 Å². The van der Waals surface area contributed by atoms with Crippen LogP contribution in [-0.2, 0) is 30.7 Å². The topological polar surface area (TPSA) is 145 Å². The molecule has 1 saturated heterocycles. The van der Waals surface area contributed by atoms with E-state index in [4.69, 9.17) is 27.9 Å². The number of ether oxygens (including phenoxy) is 1. The van der Waals surface area contributed by atoms with Crippen LogP contribution in [0, 0.1) is 0 Å². The standard InChI is InChI=1S/C40H46Cl2N4O7S/c1-4-5-6-7-8-9-10-11-12-18-23-54(51,52)33-25-29(41)31(24-30(33)42)43-37(48)34(46-38(49)40(2,3)53-39(46)50)35-44-36(47)28-21-16-17-22-32(28)45(35)26-27-19-14-13-15-20-27/h13-17,19-22,24-25,34H,4-12,18,23,26H2,1-3H3,(H,43,48). The first-order valence-electron chi connectivity index (χ1n) is 18.4. The number of hydrogen-bond acceptors (Lipinski definition) is 8. The van der Waals surface area contributed by atoms with Gasteiger partial charge in [0.05, 0.1) is 37.3 Å². The molecule has 0 bridgehead atoms. The summed E-state index contributed by atoms with van der Waals surface area (Å²) in [5.41, 5.74) is -1.19. The molecule has 1 aromatic heterocycles. The summed E-state index contributed by atoms with van der Waals surface area (Å²) in [4.78, 5) is 59.6. The number of aromatic nitrogens is 2. The van der Waals surface area contributed by atoms with Gasteiger partial charge in [-0.05, 0) is 50.1 Å². The van der Waals surface area contributed by atoms with Gasteiger partial charge < -0.3 is 14.6 Å². The maximum atomic E-state index is 14.4. The van der Waals surface area contributed by atoms with Crippen molar-refractivity contribution in [1.82, 2.24) is 14.5 Å². The van der Waals surface area contributed by atoms with Crippen molar-refractivity contribution in [2.75, 3.05) is 11.1 Å². The van der Waals surface area contributed by atoms with E-state index in [1.54, 1.807) is 28.8 Å². The van der Waals surface area contributed by atoms with E-state index in [2.05, 4.69) is 17.2 Å². The molecule has 1 atom stereocenters. The second kappa shape index (κ2) is 17.9. The fraction of sp³-hybridized carbons (Fsp3) is 0.425. The normalized spacial score (nSPS) is 14.7. The molecule has 1 aliphatic heterocycles. The number of unbranched alkanes of at least 4 members (excludes halogenated alkanes) is 9. The van der Waals surface area contributed by atoms with Crippen LogP contribution in [0.15, 0.2) is 76.4 Å². The van der Waals surface area contributed by atoms with Crippen molar-refractivity contribution in [1.29, 1.82) is 0 Å². The fourth-order valence-electron chi connectivity index (χ4n) is 6.59. The van der Waals surface area contributed by atoms with Crippen LogP contribution in [0.25, 0.3) is 10.9 Å². The zero-order valence-corrected chi connectivity index (χ0v) is 33.1. The monoisotopic (exact) mass is 796 g/mol. The van der Waals surface area contributed by atoms with Gasteiger partial charge in [0.2, 0.25) is 0 Å². The molecule has 3 amide bonds. The summed E-state index contributed by atoms with van der Waals surface area (Å²) in [5.74, 6) is -2.13. The summed E-state index contributed by atoms with van der Waals surface area (Å²) in [6.07, 6.45) is 9.40. The molecule has 4 aromatic rings. The number of halogens is 2. The van der Waals surface area contributed by atoms with Crippen LogP contribution in [0.3, 0.4) is 0 Å². The second-order valence-corrected chi connectivity index (χ2v) is 17.0. The molecular weight excluding hydrogens is 751 g/mol. The van der Waals surface area contributed by atoms with Gasteiger partial charge in [0.1, 0.15) is 5.82 Å². The number of fused-ring (bicyclic) bond motifs is 1. The van der Waals surface area contributed by atoms with Gasteiger partial charge in [-0.25, -0.2) is 18.1 Å². The Bertz CT molecular complexity index is 2170. The molecule has 288 valence electrons. The smallest absolute Gasteiger partial charge is 0.418 e. The summed E-state index contributed by atoms with van der Waals surface area (Å²) >= 11 is 13.1. The SMILES string of the molecule is CCCCCCCCCCCCS(=O)(=O)c1cc(Cl)c(NC(=O)C(c2nc(=O)c3ccccc3n2Cc2ccccc2)N2C(=O)OC(C)(C)C2=O)cc1Cl. The molecule has 0 radical (unpaired) electrons. The minimum Gasteiger partial charge on any atom is -0.433 e. The van der Waals surface area contributed by atoms with Gasteiger partial charge in [0.15, 0.2) is 21.5 Å². The Hall–Kier alpha value is -4.26. The van der Waals surface area contributed by atoms with Gasteiger partial charge in [-0.1, -0.05) is 130 Å². The quantitative estimate of drug-likeness (QED) is 0.0984. The maximum Gasteiger partial charge on any atom is 0.418 e. The third-order valence-electron chi connectivity index (χ3n) is 9.51. The number of carbonyl (C=O) groups excluding carboxylic acids is 3. The number of sulfone groups is 1. The van der Waals surface area contributed by atoms with Crippen LogP contribution in [0.4, 0.5) is 10.5 Å². The third kappa shape index (κ3) is 9.51. The molecule has 0 aliphatic carbocycles. The average molecular weight is 798 g/mol. The van der Waals surface area contributed by atoms with Crippen LogP contribution in [-0.4, -0.2) is 52.1 Å². The molecule has 54 heavy (non-hydrogen) atoms. The minimum atomic E-state index is -3.82. The van der Waals surface area contributed by atoms with E-state index >= 15 is 0 Å². The number of anilines is 1. The van der Waals surface area contributed by atoms with Crippen LogP contribution in [0.1, 0.15) is 102 Å². The highest BCUT2D eigenvalue weighted by molar-refractivity contribution is 7.91. The first-order chi connectivity index (χ1) is 25.7. The Morgan fingerprint density at radius 1 is 0.852 bits per heavy atom. The second-order valence-electron chi connectivity index (χ2n) is 14.1. The Morgan fingerprint density at radius 3 is 2.09 bits per heavy atom. The highest BCUT2D eigenvalue weighted by Crippen LogP contribution is 2.36. The number of cyclic esters (lactones) is 1. The van der Waals surface area contributed by atoms with E-state index in [1.807, 2.05) is 30.3 Å². The largest absolute Gasteiger partial charge is 0.433 e. The van der Waals surface area contributed by atoms with E-state index < -0.39 is 44.9 Å². The number of nitrogens with one attached hydrogen (secondary N) is 1. The van der Waals surface area contributed by atoms with Crippen molar-refractivity contribution in [3.63, 3.8) is 0 Å². The number of hydrogen-bond donors (Lipinski definition) is 1. The molecule has 0 saturated carbocycles. The predicted molar refractivity (Wildman–Crippen MR) is 211 cm³/mol. The number of imide groups is 1. The Kier molecular flexibility index (Phi) is 13.6. The molecule has 1 unspecified atom stereocenters. The van der Waals surface area contributed by atoms with E-state index in [0.717, 1.165) is 31.2 Å². The first kappa shape index (κ1) is 40.9. The lowest BCUT2D eigenvalue weighted by atomic mass is 10.1. The first-order valence-corrected chi connectivity index (χ1v) is 20.8. The summed E-state index contributed by atoms with van der Waals surface area (Å²) in [6.45, 7) is 5.08. The van der Waals surface area contributed by atoms with Crippen molar-refractivity contribution in [3.05, 3.63) is 98.5 Å². The molecule has 2 heterocycles. The average Bonchev–Trinajstić information content (AvgIpc) is 3.34. The van der Waals surface area contributed by atoms with Crippen molar-refractivity contribution in [2.45, 2.75) is 108 Å².